The highest BCUT2D eigenvalue weighted by Gasteiger charge is 2.15. The first-order chi connectivity index (χ1) is 10.1. The predicted octanol–water partition coefficient (Wildman–Crippen LogP) is 1.43. The van der Waals surface area contributed by atoms with Crippen LogP contribution in [0.2, 0.25) is 0 Å². The van der Waals surface area contributed by atoms with Crippen LogP contribution in [-0.4, -0.2) is 51.1 Å². The van der Waals surface area contributed by atoms with Gasteiger partial charge in [-0.15, -0.1) is 0 Å². The molecule has 21 heavy (non-hydrogen) atoms. The van der Waals surface area contributed by atoms with E-state index >= 15 is 0 Å². The molecule has 0 aromatic carbocycles. The number of carboxylic acid groups (broad SMARTS) is 1. The van der Waals surface area contributed by atoms with Crippen molar-refractivity contribution in [3.63, 3.8) is 0 Å². The Morgan fingerprint density at radius 1 is 1.38 bits per heavy atom. The summed E-state index contributed by atoms with van der Waals surface area (Å²) in [4.78, 5) is 26.6. The molecule has 6 nitrogen and oxygen atoms in total. The van der Waals surface area contributed by atoms with Gasteiger partial charge in [0.2, 0.25) is 0 Å². The van der Waals surface area contributed by atoms with Gasteiger partial charge < -0.3 is 15.7 Å². The van der Waals surface area contributed by atoms with E-state index in [4.69, 9.17) is 5.11 Å². The molecule has 1 saturated heterocycles. The molecule has 2 rings (SSSR count). The molecule has 0 spiro atoms. The summed E-state index contributed by atoms with van der Waals surface area (Å²) in [6.45, 7) is 0.853. The summed E-state index contributed by atoms with van der Waals surface area (Å²) in [6, 6.07) is 2.62. The molecule has 0 radical (unpaired) electrons. The Hall–Kier alpha value is -1.41. The summed E-state index contributed by atoms with van der Waals surface area (Å²) in [5.41, 5.74) is 0.686. The summed E-state index contributed by atoms with van der Waals surface area (Å²) in [5.74, 6) is 2.37. The van der Waals surface area contributed by atoms with Crippen molar-refractivity contribution >= 4 is 35.5 Å². The SMILES string of the molecule is O=C(NCc1cc(C(=O)O)ccn1)NCC1CSCCS1. The van der Waals surface area contributed by atoms with Crippen molar-refractivity contribution in [1.82, 2.24) is 15.6 Å². The lowest BCUT2D eigenvalue weighted by molar-refractivity contribution is 0.0696. The fourth-order valence-corrected chi connectivity index (χ4v) is 4.41. The second-order valence-corrected chi connectivity index (χ2v) is 7.03. The molecule has 2 heterocycles. The number of urea groups is 1. The minimum Gasteiger partial charge on any atom is -0.478 e. The number of aromatic carboxylic acids is 1. The van der Waals surface area contributed by atoms with Crippen LogP contribution >= 0.6 is 23.5 Å². The molecule has 1 aliphatic rings. The largest absolute Gasteiger partial charge is 0.478 e. The maximum absolute atomic E-state index is 11.7. The normalized spacial score (nSPS) is 18.0. The lowest BCUT2D eigenvalue weighted by Gasteiger charge is -2.21. The zero-order valence-corrected chi connectivity index (χ0v) is 13.0. The van der Waals surface area contributed by atoms with Crippen LogP contribution in [0, 0.1) is 0 Å². The minimum absolute atomic E-state index is 0.165. The fraction of sp³-hybridized carbons (Fsp3) is 0.462. The number of carboxylic acids is 1. The molecule has 1 atom stereocenters. The van der Waals surface area contributed by atoms with Gasteiger partial charge in [0.05, 0.1) is 17.8 Å². The van der Waals surface area contributed by atoms with Gasteiger partial charge in [-0.3, -0.25) is 4.98 Å². The van der Waals surface area contributed by atoms with Crippen LogP contribution < -0.4 is 10.6 Å². The monoisotopic (exact) mass is 327 g/mol. The third-order valence-electron chi connectivity index (χ3n) is 2.87. The quantitative estimate of drug-likeness (QED) is 0.758. The van der Waals surface area contributed by atoms with Crippen molar-refractivity contribution in [2.24, 2.45) is 0 Å². The van der Waals surface area contributed by atoms with Gasteiger partial charge in [-0.1, -0.05) is 0 Å². The molecular formula is C13H17N3O3S2. The van der Waals surface area contributed by atoms with Gasteiger partial charge in [0.25, 0.3) is 0 Å². The van der Waals surface area contributed by atoms with E-state index in [9.17, 15) is 9.59 Å². The Morgan fingerprint density at radius 2 is 2.24 bits per heavy atom. The minimum atomic E-state index is -1.00. The summed E-state index contributed by atoms with van der Waals surface area (Å²) >= 11 is 3.79. The first-order valence-corrected chi connectivity index (χ1v) is 8.75. The van der Waals surface area contributed by atoms with Crippen molar-refractivity contribution in [1.29, 1.82) is 0 Å². The van der Waals surface area contributed by atoms with Gasteiger partial charge in [-0.25, -0.2) is 9.59 Å². The molecule has 1 fully saturated rings. The molecule has 1 aliphatic heterocycles. The van der Waals surface area contributed by atoms with Crippen LogP contribution in [0.1, 0.15) is 16.1 Å². The van der Waals surface area contributed by atoms with E-state index in [1.54, 1.807) is 0 Å². The zero-order valence-electron chi connectivity index (χ0n) is 11.4. The molecule has 0 aliphatic carbocycles. The highest BCUT2D eigenvalue weighted by molar-refractivity contribution is 8.06. The van der Waals surface area contributed by atoms with Gasteiger partial charge >= 0.3 is 12.0 Å². The second-order valence-electron chi connectivity index (χ2n) is 4.47. The van der Waals surface area contributed by atoms with Crippen LogP contribution in [0.3, 0.4) is 0 Å². The number of carbonyl (C=O) groups excluding carboxylic acids is 1. The first-order valence-electron chi connectivity index (χ1n) is 6.54. The van der Waals surface area contributed by atoms with Crippen molar-refractivity contribution in [3.8, 4) is 0 Å². The Labute approximate surface area is 131 Å². The highest BCUT2D eigenvalue weighted by atomic mass is 32.2. The number of hydrogen-bond donors (Lipinski definition) is 3. The third kappa shape index (κ3) is 5.47. The lowest BCUT2D eigenvalue weighted by atomic mass is 10.2. The number of thioether (sulfide) groups is 2. The Bertz CT molecular complexity index is 507. The van der Waals surface area contributed by atoms with Gasteiger partial charge in [0, 0.05) is 35.3 Å². The smallest absolute Gasteiger partial charge is 0.335 e. The van der Waals surface area contributed by atoms with E-state index in [-0.39, 0.29) is 18.1 Å². The average Bonchev–Trinajstić information content (AvgIpc) is 2.52. The van der Waals surface area contributed by atoms with Crippen molar-refractivity contribution in [2.45, 2.75) is 11.8 Å². The van der Waals surface area contributed by atoms with Crippen molar-refractivity contribution in [2.75, 3.05) is 23.8 Å². The Kier molecular flexibility index (Phi) is 6.19. The molecule has 114 valence electrons. The molecular weight excluding hydrogens is 310 g/mol. The van der Waals surface area contributed by atoms with Gasteiger partial charge in [-0.05, 0) is 12.1 Å². The molecule has 2 amide bonds. The molecule has 1 aromatic heterocycles. The Balaban J connectivity index is 1.73. The van der Waals surface area contributed by atoms with Crippen LogP contribution in [0.15, 0.2) is 18.3 Å². The van der Waals surface area contributed by atoms with Crippen molar-refractivity contribution in [3.05, 3.63) is 29.6 Å². The standard InChI is InChI=1S/C13H17N3O3S2/c17-12(18)9-1-2-14-10(5-9)6-15-13(19)16-7-11-8-20-3-4-21-11/h1-2,5,11H,3-4,6-8H2,(H,17,18)(H2,15,16,19). The number of nitrogens with one attached hydrogen (secondary N) is 2. The van der Waals surface area contributed by atoms with Gasteiger partial charge in [-0.2, -0.15) is 23.5 Å². The number of rotatable bonds is 5. The molecule has 8 heteroatoms. The Morgan fingerprint density at radius 3 is 2.95 bits per heavy atom. The summed E-state index contributed by atoms with van der Waals surface area (Å²) in [5, 5.41) is 14.9. The van der Waals surface area contributed by atoms with Gasteiger partial charge in [0.15, 0.2) is 0 Å². The van der Waals surface area contributed by atoms with Crippen molar-refractivity contribution < 1.29 is 14.7 Å². The number of hydrogen-bond acceptors (Lipinski definition) is 5. The number of pyridine rings is 1. The van der Waals surface area contributed by atoms with E-state index in [1.807, 2.05) is 23.5 Å². The van der Waals surface area contributed by atoms with E-state index in [0.717, 1.165) is 11.5 Å². The summed E-state index contributed by atoms with van der Waals surface area (Å²) in [7, 11) is 0. The van der Waals surface area contributed by atoms with Gasteiger partial charge in [0.1, 0.15) is 0 Å². The fourth-order valence-electron chi connectivity index (χ4n) is 1.80. The summed E-state index contributed by atoms with van der Waals surface area (Å²) in [6.07, 6.45) is 1.42. The predicted molar refractivity (Wildman–Crippen MR) is 85.0 cm³/mol. The van der Waals surface area contributed by atoms with E-state index < -0.39 is 5.97 Å². The van der Waals surface area contributed by atoms with E-state index in [0.29, 0.717) is 17.5 Å². The topological polar surface area (TPSA) is 91.3 Å². The molecule has 0 saturated carbocycles. The van der Waals surface area contributed by atoms with E-state index in [2.05, 4.69) is 15.6 Å². The average molecular weight is 327 g/mol. The number of aromatic nitrogens is 1. The number of nitrogens with zero attached hydrogens (tertiary/aromatic N) is 1. The molecule has 0 bridgehead atoms. The zero-order chi connectivity index (χ0) is 15.1. The first kappa shape index (κ1) is 16.0. The van der Waals surface area contributed by atoms with Crippen LogP contribution in [0.4, 0.5) is 4.79 Å². The van der Waals surface area contributed by atoms with Crippen LogP contribution in [0.25, 0.3) is 0 Å². The van der Waals surface area contributed by atoms with E-state index in [1.165, 1.54) is 24.1 Å². The van der Waals surface area contributed by atoms with Crippen LogP contribution in [0.5, 0.6) is 0 Å². The maximum Gasteiger partial charge on any atom is 0.335 e. The van der Waals surface area contributed by atoms with Crippen LogP contribution in [-0.2, 0) is 6.54 Å². The number of amides is 2. The third-order valence-corrected chi connectivity index (χ3v) is 5.71. The molecule has 1 unspecified atom stereocenters. The lowest BCUT2D eigenvalue weighted by Crippen LogP contribution is -2.40. The summed E-state index contributed by atoms with van der Waals surface area (Å²) < 4.78 is 0. The highest BCUT2D eigenvalue weighted by Crippen LogP contribution is 2.23. The molecule has 3 N–H and O–H groups in total. The molecule has 1 aromatic rings. The maximum atomic E-state index is 11.7. The second kappa shape index (κ2) is 8.14. The number of carbonyl (C=O) groups is 2.